The molecule has 0 aliphatic heterocycles. The molecule has 1 heterocycles. The van der Waals surface area contributed by atoms with Gasteiger partial charge in [0.2, 0.25) is 0 Å². The standard InChI is InChI=1S/C22H23N3O2/c1-25(19-6-4-3-5-7-19)22(26)21-13-10-18(16-24-21)23-15-14-17-8-11-20(27-2)12-9-17/h3-13,16,23H,14-15H2,1-2H3. The van der Waals surface area contributed by atoms with Gasteiger partial charge in [-0.1, -0.05) is 30.3 Å². The van der Waals surface area contributed by atoms with E-state index in [1.807, 2.05) is 48.5 Å². The summed E-state index contributed by atoms with van der Waals surface area (Å²) in [6.07, 6.45) is 2.58. The van der Waals surface area contributed by atoms with Crippen LogP contribution in [0.2, 0.25) is 0 Å². The maximum atomic E-state index is 12.5. The highest BCUT2D eigenvalue weighted by Crippen LogP contribution is 2.15. The molecule has 0 unspecified atom stereocenters. The van der Waals surface area contributed by atoms with Crippen LogP contribution in [0, 0.1) is 0 Å². The van der Waals surface area contributed by atoms with Gasteiger partial charge in [0.25, 0.3) is 5.91 Å². The summed E-state index contributed by atoms with van der Waals surface area (Å²) in [7, 11) is 3.41. The average molecular weight is 361 g/mol. The number of carbonyl (C=O) groups excluding carboxylic acids is 1. The maximum absolute atomic E-state index is 12.5. The van der Waals surface area contributed by atoms with Crippen LogP contribution in [0.15, 0.2) is 72.9 Å². The third kappa shape index (κ3) is 4.85. The fourth-order valence-electron chi connectivity index (χ4n) is 2.71. The normalized spacial score (nSPS) is 10.3. The minimum absolute atomic E-state index is 0.133. The van der Waals surface area contributed by atoms with Gasteiger partial charge < -0.3 is 15.0 Å². The van der Waals surface area contributed by atoms with Crippen molar-refractivity contribution in [3.8, 4) is 5.75 Å². The van der Waals surface area contributed by atoms with Crippen LogP contribution >= 0.6 is 0 Å². The van der Waals surface area contributed by atoms with E-state index in [4.69, 9.17) is 4.74 Å². The van der Waals surface area contributed by atoms with Gasteiger partial charge in [-0.3, -0.25) is 4.79 Å². The molecular formula is C22H23N3O2. The molecule has 2 aromatic carbocycles. The minimum atomic E-state index is -0.133. The molecule has 0 bridgehead atoms. The summed E-state index contributed by atoms with van der Waals surface area (Å²) in [4.78, 5) is 18.4. The second-order valence-electron chi connectivity index (χ2n) is 6.16. The molecule has 0 aliphatic carbocycles. The third-order valence-corrected chi connectivity index (χ3v) is 4.33. The molecule has 0 aliphatic rings. The summed E-state index contributed by atoms with van der Waals surface area (Å²) in [6, 6.07) is 21.2. The highest BCUT2D eigenvalue weighted by molar-refractivity contribution is 6.04. The van der Waals surface area contributed by atoms with E-state index < -0.39 is 0 Å². The Labute approximate surface area is 159 Å². The van der Waals surface area contributed by atoms with Gasteiger partial charge in [-0.2, -0.15) is 0 Å². The molecule has 0 saturated heterocycles. The number of hydrogen-bond donors (Lipinski definition) is 1. The van der Waals surface area contributed by atoms with E-state index in [-0.39, 0.29) is 5.91 Å². The number of nitrogens with zero attached hydrogens (tertiary/aromatic N) is 2. The van der Waals surface area contributed by atoms with Gasteiger partial charge in [0.15, 0.2) is 0 Å². The van der Waals surface area contributed by atoms with Gasteiger partial charge in [0.05, 0.1) is 19.0 Å². The molecule has 0 atom stereocenters. The molecule has 0 radical (unpaired) electrons. The quantitative estimate of drug-likeness (QED) is 0.690. The maximum Gasteiger partial charge on any atom is 0.276 e. The van der Waals surface area contributed by atoms with E-state index in [1.54, 1.807) is 31.3 Å². The lowest BCUT2D eigenvalue weighted by Crippen LogP contribution is -2.26. The van der Waals surface area contributed by atoms with Gasteiger partial charge >= 0.3 is 0 Å². The number of nitrogens with one attached hydrogen (secondary N) is 1. The number of anilines is 2. The monoisotopic (exact) mass is 361 g/mol. The predicted octanol–water partition coefficient (Wildman–Crippen LogP) is 4.02. The summed E-state index contributed by atoms with van der Waals surface area (Å²) in [6.45, 7) is 0.783. The zero-order chi connectivity index (χ0) is 19.1. The lowest BCUT2D eigenvalue weighted by atomic mass is 10.1. The van der Waals surface area contributed by atoms with Gasteiger partial charge in [-0.15, -0.1) is 0 Å². The van der Waals surface area contributed by atoms with Gasteiger partial charge in [0, 0.05) is 19.3 Å². The number of methoxy groups -OCH3 is 1. The zero-order valence-electron chi connectivity index (χ0n) is 15.6. The van der Waals surface area contributed by atoms with Crippen molar-refractivity contribution in [3.63, 3.8) is 0 Å². The minimum Gasteiger partial charge on any atom is -0.497 e. The van der Waals surface area contributed by atoms with Gasteiger partial charge in [-0.05, 0) is 48.4 Å². The zero-order valence-corrected chi connectivity index (χ0v) is 15.6. The number of amides is 1. The van der Waals surface area contributed by atoms with Crippen molar-refractivity contribution < 1.29 is 9.53 Å². The van der Waals surface area contributed by atoms with E-state index in [0.29, 0.717) is 5.69 Å². The molecule has 0 saturated carbocycles. The first-order valence-electron chi connectivity index (χ1n) is 8.83. The van der Waals surface area contributed by atoms with Crippen molar-refractivity contribution in [2.45, 2.75) is 6.42 Å². The molecule has 0 fully saturated rings. The fraction of sp³-hybridized carbons (Fsp3) is 0.182. The number of para-hydroxylation sites is 1. The van der Waals surface area contributed by atoms with Crippen LogP contribution < -0.4 is 15.0 Å². The average Bonchev–Trinajstić information content (AvgIpc) is 2.74. The first-order valence-corrected chi connectivity index (χ1v) is 8.83. The lowest BCUT2D eigenvalue weighted by Gasteiger charge is -2.16. The van der Waals surface area contributed by atoms with Crippen molar-refractivity contribution in [1.29, 1.82) is 0 Å². The van der Waals surface area contributed by atoms with Crippen LogP contribution in [0.1, 0.15) is 16.1 Å². The fourth-order valence-corrected chi connectivity index (χ4v) is 2.71. The molecule has 1 aromatic heterocycles. The van der Waals surface area contributed by atoms with E-state index in [2.05, 4.69) is 22.4 Å². The summed E-state index contributed by atoms with van der Waals surface area (Å²) in [5.74, 6) is 0.725. The number of hydrogen-bond acceptors (Lipinski definition) is 4. The van der Waals surface area contributed by atoms with E-state index in [1.165, 1.54) is 5.56 Å². The molecular weight excluding hydrogens is 338 g/mol. The number of rotatable bonds is 7. The predicted molar refractivity (Wildman–Crippen MR) is 109 cm³/mol. The Bertz CT molecular complexity index is 862. The number of pyridine rings is 1. The largest absolute Gasteiger partial charge is 0.497 e. The van der Waals surface area contributed by atoms with E-state index >= 15 is 0 Å². The van der Waals surface area contributed by atoms with E-state index in [0.717, 1.165) is 30.1 Å². The van der Waals surface area contributed by atoms with Crippen LogP contribution in [-0.2, 0) is 6.42 Å². The van der Waals surface area contributed by atoms with Crippen LogP contribution in [-0.4, -0.2) is 31.6 Å². The van der Waals surface area contributed by atoms with Gasteiger partial charge in [0.1, 0.15) is 11.4 Å². The smallest absolute Gasteiger partial charge is 0.276 e. The Kier molecular flexibility index (Phi) is 6.05. The highest BCUT2D eigenvalue weighted by atomic mass is 16.5. The summed E-state index contributed by atoms with van der Waals surface area (Å²) in [5, 5.41) is 3.33. The van der Waals surface area contributed by atoms with Crippen molar-refractivity contribution >= 4 is 17.3 Å². The van der Waals surface area contributed by atoms with Crippen molar-refractivity contribution in [2.75, 3.05) is 30.9 Å². The Hall–Kier alpha value is -3.34. The summed E-state index contributed by atoms with van der Waals surface area (Å²) < 4.78 is 5.16. The van der Waals surface area contributed by atoms with Crippen LogP contribution in [0.4, 0.5) is 11.4 Å². The Morgan fingerprint density at radius 3 is 2.41 bits per heavy atom. The molecule has 5 nitrogen and oxygen atoms in total. The molecule has 1 amide bonds. The number of benzene rings is 2. The Balaban J connectivity index is 1.54. The van der Waals surface area contributed by atoms with Gasteiger partial charge in [-0.25, -0.2) is 4.98 Å². The van der Waals surface area contributed by atoms with Crippen LogP contribution in [0.3, 0.4) is 0 Å². The second kappa shape index (κ2) is 8.85. The molecule has 138 valence electrons. The lowest BCUT2D eigenvalue weighted by molar-refractivity contribution is 0.0988. The Morgan fingerprint density at radius 2 is 1.78 bits per heavy atom. The number of aromatic nitrogens is 1. The number of carbonyl (C=O) groups is 1. The first kappa shape index (κ1) is 18.5. The van der Waals surface area contributed by atoms with Crippen molar-refractivity contribution in [1.82, 2.24) is 4.98 Å². The van der Waals surface area contributed by atoms with Crippen molar-refractivity contribution in [2.24, 2.45) is 0 Å². The van der Waals surface area contributed by atoms with Crippen LogP contribution in [0.25, 0.3) is 0 Å². The topological polar surface area (TPSA) is 54.5 Å². The second-order valence-corrected chi connectivity index (χ2v) is 6.16. The number of ether oxygens (including phenoxy) is 1. The molecule has 0 spiro atoms. The van der Waals surface area contributed by atoms with E-state index in [9.17, 15) is 4.79 Å². The molecule has 5 heteroatoms. The van der Waals surface area contributed by atoms with Crippen LogP contribution in [0.5, 0.6) is 5.75 Å². The summed E-state index contributed by atoms with van der Waals surface area (Å²) in [5.41, 5.74) is 3.38. The molecule has 3 aromatic rings. The summed E-state index contributed by atoms with van der Waals surface area (Å²) >= 11 is 0. The molecule has 1 N–H and O–H groups in total. The highest BCUT2D eigenvalue weighted by Gasteiger charge is 2.14. The molecule has 27 heavy (non-hydrogen) atoms. The first-order chi connectivity index (χ1) is 13.2. The van der Waals surface area contributed by atoms with Crippen molar-refractivity contribution in [3.05, 3.63) is 84.2 Å². The Morgan fingerprint density at radius 1 is 1.04 bits per heavy atom. The third-order valence-electron chi connectivity index (χ3n) is 4.33. The molecule has 3 rings (SSSR count). The SMILES string of the molecule is COc1ccc(CCNc2ccc(C(=O)N(C)c3ccccc3)nc2)cc1.